The Hall–Kier alpha value is -2.54. The minimum absolute atomic E-state index is 0.0204. The number of phenols is 1. The molecule has 2 aliphatic heterocycles. The summed E-state index contributed by atoms with van der Waals surface area (Å²) >= 11 is 5.92. The predicted octanol–water partition coefficient (Wildman–Crippen LogP) is 2.36. The number of hydrogen-bond acceptors (Lipinski definition) is 5. The fourth-order valence-electron chi connectivity index (χ4n) is 3.91. The number of carbonyl (C=O) groups is 2. The third kappa shape index (κ3) is 2.46. The van der Waals surface area contributed by atoms with Crippen molar-refractivity contribution >= 4 is 23.4 Å². The van der Waals surface area contributed by atoms with Gasteiger partial charge in [-0.3, -0.25) is 9.59 Å². The summed E-state index contributed by atoms with van der Waals surface area (Å²) in [5.74, 6) is 0.389. The molecule has 0 spiro atoms. The molecule has 8 heteroatoms. The molecule has 3 heterocycles. The van der Waals surface area contributed by atoms with E-state index in [1.807, 2.05) is 0 Å². The zero-order valence-electron chi connectivity index (χ0n) is 14.3. The van der Waals surface area contributed by atoms with E-state index in [1.165, 1.54) is 23.4 Å². The van der Waals surface area contributed by atoms with Crippen LogP contribution in [0.3, 0.4) is 0 Å². The van der Waals surface area contributed by atoms with Crippen molar-refractivity contribution < 1.29 is 19.1 Å². The van der Waals surface area contributed by atoms with Crippen LogP contribution in [0.15, 0.2) is 29.0 Å². The lowest BCUT2D eigenvalue weighted by Gasteiger charge is -2.35. The number of hydrogen-bond donors (Lipinski definition) is 1. The molecule has 2 bridgehead atoms. The van der Waals surface area contributed by atoms with E-state index in [-0.39, 0.29) is 40.5 Å². The standard InChI is InChI=1S/C18H18ClN3O4/c1-21(2)18(25)15-16(26-8-20-15)14-10-6-12(14)22(7-10)17(24)9-3-4-13(23)11(19)5-9/h3-5,8,10,12,14,23H,6-7H2,1-2H3. The Balaban J connectivity index is 1.58. The largest absolute Gasteiger partial charge is 0.506 e. The summed E-state index contributed by atoms with van der Waals surface area (Å²) in [5.41, 5.74) is 0.748. The normalized spacial score (nSPS) is 23.7. The Morgan fingerprint density at radius 3 is 2.85 bits per heavy atom. The molecule has 3 unspecified atom stereocenters. The van der Waals surface area contributed by atoms with Crippen molar-refractivity contribution in [1.82, 2.24) is 14.8 Å². The molecule has 0 radical (unpaired) electrons. The summed E-state index contributed by atoms with van der Waals surface area (Å²) in [4.78, 5) is 32.5. The third-order valence-corrected chi connectivity index (χ3v) is 5.56. The van der Waals surface area contributed by atoms with Crippen LogP contribution in [0.25, 0.3) is 0 Å². The SMILES string of the molecule is CN(C)C(=O)c1ncoc1C1C2CC1N(C(=O)c1ccc(O)c(Cl)c1)C2. The van der Waals surface area contributed by atoms with Gasteiger partial charge in [-0.2, -0.15) is 0 Å². The van der Waals surface area contributed by atoms with Crippen LogP contribution in [0.2, 0.25) is 5.02 Å². The number of aromatic nitrogens is 1. The molecule has 2 amide bonds. The second-order valence-corrected chi connectivity index (χ2v) is 7.38. The van der Waals surface area contributed by atoms with Crippen molar-refractivity contribution in [3.63, 3.8) is 0 Å². The summed E-state index contributed by atoms with van der Waals surface area (Å²) < 4.78 is 5.54. The lowest BCUT2D eigenvalue weighted by molar-refractivity contribution is 0.0728. The number of oxazole rings is 1. The van der Waals surface area contributed by atoms with E-state index in [2.05, 4.69) is 4.98 Å². The van der Waals surface area contributed by atoms with Gasteiger partial charge in [-0.1, -0.05) is 11.6 Å². The summed E-state index contributed by atoms with van der Waals surface area (Å²) in [5, 5.41) is 9.68. The first kappa shape index (κ1) is 16.9. The summed E-state index contributed by atoms with van der Waals surface area (Å²) in [6.07, 6.45) is 2.16. The van der Waals surface area contributed by atoms with E-state index in [1.54, 1.807) is 25.1 Å². The Bertz CT molecular complexity index is 894. The Morgan fingerprint density at radius 1 is 1.38 bits per heavy atom. The van der Waals surface area contributed by atoms with E-state index in [0.29, 0.717) is 23.6 Å². The second kappa shape index (κ2) is 6.02. The number of phenolic OH excluding ortho intramolecular Hbond substituents is 1. The van der Waals surface area contributed by atoms with Crippen LogP contribution in [-0.4, -0.2) is 58.4 Å². The van der Waals surface area contributed by atoms with Gasteiger partial charge >= 0.3 is 0 Å². The number of fused-ring (bicyclic) bond motifs is 1. The second-order valence-electron chi connectivity index (χ2n) is 6.98. The van der Waals surface area contributed by atoms with Gasteiger partial charge in [0.15, 0.2) is 12.1 Å². The van der Waals surface area contributed by atoms with Gasteiger partial charge in [0.2, 0.25) is 0 Å². The molecule has 1 saturated carbocycles. The zero-order valence-corrected chi connectivity index (χ0v) is 15.1. The predicted molar refractivity (Wildman–Crippen MR) is 93.3 cm³/mol. The topological polar surface area (TPSA) is 86.9 Å². The fraction of sp³-hybridized carbons (Fsp3) is 0.389. The maximum absolute atomic E-state index is 12.9. The number of nitrogens with zero attached hydrogens (tertiary/aromatic N) is 3. The van der Waals surface area contributed by atoms with Crippen molar-refractivity contribution in [3.05, 3.63) is 46.6 Å². The summed E-state index contributed by atoms with van der Waals surface area (Å²) in [6, 6.07) is 4.42. The number of benzene rings is 1. The molecule has 1 N–H and O–H groups in total. The number of halogens is 1. The zero-order chi connectivity index (χ0) is 18.6. The van der Waals surface area contributed by atoms with Crippen molar-refractivity contribution in [2.24, 2.45) is 5.92 Å². The Labute approximate surface area is 155 Å². The van der Waals surface area contributed by atoms with Gasteiger partial charge in [0, 0.05) is 38.2 Å². The minimum atomic E-state index is -0.205. The summed E-state index contributed by atoms with van der Waals surface area (Å²) in [6.45, 7) is 0.600. The first-order valence-electron chi connectivity index (χ1n) is 8.33. The molecule has 5 rings (SSSR count). The van der Waals surface area contributed by atoms with Crippen LogP contribution < -0.4 is 0 Å². The van der Waals surface area contributed by atoms with E-state index in [0.717, 1.165) is 6.42 Å². The maximum atomic E-state index is 12.9. The highest BCUT2D eigenvalue weighted by atomic mass is 35.5. The number of carbonyl (C=O) groups excluding carboxylic acids is 2. The molecule has 2 saturated heterocycles. The van der Waals surface area contributed by atoms with Crippen LogP contribution in [0.4, 0.5) is 0 Å². The van der Waals surface area contributed by atoms with Crippen molar-refractivity contribution in [3.8, 4) is 5.75 Å². The lowest BCUT2D eigenvalue weighted by Crippen LogP contribution is -2.40. The van der Waals surface area contributed by atoms with Crippen LogP contribution in [0.5, 0.6) is 5.75 Å². The number of amides is 2. The molecule has 3 atom stereocenters. The molecule has 7 nitrogen and oxygen atoms in total. The molecule has 1 aromatic heterocycles. The van der Waals surface area contributed by atoms with Gasteiger partial charge < -0.3 is 19.3 Å². The quantitative estimate of drug-likeness (QED) is 0.889. The lowest BCUT2D eigenvalue weighted by atomic mass is 9.72. The van der Waals surface area contributed by atoms with E-state index in [9.17, 15) is 14.7 Å². The molecule has 136 valence electrons. The van der Waals surface area contributed by atoms with E-state index in [4.69, 9.17) is 16.0 Å². The first-order chi connectivity index (χ1) is 12.4. The summed E-state index contributed by atoms with van der Waals surface area (Å²) in [7, 11) is 3.33. The molecule has 2 aromatic rings. The number of rotatable bonds is 3. The van der Waals surface area contributed by atoms with E-state index < -0.39 is 0 Å². The molecule has 26 heavy (non-hydrogen) atoms. The van der Waals surface area contributed by atoms with Gasteiger partial charge in [0.25, 0.3) is 11.8 Å². The van der Waals surface area contributed by atoms with Crippen LogP contribution in [-0.2, 0) is 0 Å². The molecular formula is C18H18ClN3O4. The monoisotopic (exact) mass is 375 g/mol. The highest BCUT2D eigenvalue weighted by Gasteiger charge is 2.56. The third-order valence-electron chi connectivity index (χ3n) is 5.26. The van der Waals surface area contributed by atoms with Crippen molar-refractivity contribution in [2.75, 3.05) is 20.6 Å². The van der Waals surface area contributed by atoms with Crippen LogP contribution >= 0.6 is 11.6 Å². The smallest absolute Gasteiger partial charge is 0.275 e. The highest BCUT2D eigenvalue weighted by molar-refractivity contribution is 6.32. The maximum Gasteiger partial charge on any atom is 0.275 e. The van der Waals surface area contributed by atoms with Gasteiger partial charge in [-0.15, -0.1) is 0 Å². The Kier molecular flexibility index (Phi) is 3.91. The molecule has 3 fully saturated rings. The average Bonchev–Trinajstić information content (AvgIpc) is 3.30. The van der Waals surface area contributed by atoms with Crippen molar-refractivity contribution in [2.45, 2.75) is 18.4 Å². The molecule has 1 aliphatic carbocycles. The van der Waals surface area contributed by atoms with Crippen molar-refractivity contribution in [1.29, 1.82) is 0 Å². The van der Waals surface area contributed by atoms with E-state index >= 15 is 0 Å². The average molecular weight is 376 g/mol. The van der Waals surface area contributed by atoms with Crippen LogP contribution in [0.1, 0.15) is 38.9 Å². The first-order valence-corrected chi connectivity index (χ1v) is 8.70. The molecule has 1 aromatic carbocycles. The van der Waals surface area contributed by atoms with Crippen LogP contribution in [0, 0.1) is 5.92 Å². The van der Waals surface area contributed by atoms with Gasteiger partial charge in [0.05, 0.1) is 5.02 Å². The fourth-order valence-corrected chi connectivity index (χ4v) is 4.09. The number of aromatic hydroxyl groups is 1. The van der Waals surface area contributed by atoms with Gasteiger partial charge in [0.1, 0.15) is 11.5 Å². The van der Waals surface area contributed by atoms with Gasteiger partial charge in [-0.25, -0.2) is 4.98 Å². The Morgan fingerprint density at radius 2 is 2.15 bits per heavy atom. The highest BCUT2D eigenvalue weighted by Crippen LogP contribution is 2.53. The minimum Gasteiger partial charge on any atom is -0.506 e. The van der Waals surface area contributed by atoms with Gasteiger partial charge in [-0.05, 0) is 30.5 Å². The molecular weight excluding hydrogens is 358 g/mol. The molecule has 3 aliphatic rings.